The normalized spacial score (nSPS) is 10.7. The number of hydrogen-bond acceptors (Lipinski definition) is 3. The average molecular weight is 255 g/mol. The van der Waals surface area contributed by atoms with Crippen molar-refractivity contribution in [2.45, 2.75) is 19.9 Å². The summed E-state index contributed by atoms with van der Waals surface area (Å²) >= 11 is 0. The van der Waals surface area contributed by atoms with Gasteiger partial charge in [-0.15, -0.1) is 0 Å². The topological polar surface area (TPSA) is 49.8 Å². The maximum atomic E-state index is 13.9. The monoisotopic (exact) mass is 255 g/mol. The fourth-order valence-corrected chi connectivity index (χ4v) is 1.68. The first-order valence-electron chi connectivity index (χ1n) is 5.84. The number of hydrogen-bond donors (Lipinski definition) is 1. The lowest BCUT2D eigenvalue weighted by Crippen LogP contribution is -2.26. The molecule has 0 unspecified atom stereocenters. The van der Waals surface area contributed by atoms with Crippen LogP contribution in [0.1, 0.15) is 18.9 Å². The Morgan fingerprint density at radius 3 is 2.78 bits per heavy atom. The van der Waals surface area contributed by atoms with Crippen molar-refractivity contribution in [3.63, 3.8) is 0 Å². The van der Waals surface area contributed by atoms with Crippen LogP contribution in [0.5, 0.6) is 5.75 Å². The van der Waals surface area contributed by atoms with Crippen LogP contribution in [0.2, 0.25) is 0 Å². The fourth-order valence-electron chi connectivity index (χ4n) is 1.68. The summed E-state index contributed by atoms with van der Waals surface area (Å²) in [5, 5.41) is 8.64. The zero-order valence-electron chi connectivity index (χ0n) is 10.6. The molecule has 0 amide bonds. The summed E-state index contributed by atoms with van der Waals surface area (Å²) in [7, 11) is 1.42. The van der Waals surface area contributed by atoms with Gasteiger partial charge in [-0.1, -0.05) is 19.1 Å². The molecule has 1 rings (SSSR count). The minimum Gasteiger partial charge on any atom is -0.494 e. The second-order valence-corrected chi connectivity index (χ2v) is 3.95. The maximum Gasteiger partial charge on any atom is 0.304 e. The van der Waals surface area contributed by atoms with Gasteiger partial charge < -0.3 is 9.84 Å². The second-order valence-electron chi connectivity index (χ2n) is 3.95. The molecule has 0 fully saturated rings. The zero-order valence-corrected chi connectivity index (χ0v) is 10.6. The molecule has 5 heteroatoms. The summed E-state index contributed by atoms with van der Waals surface area (Å²) in [6.45, 7) is 3.37. The number of rotatable bonds is 7. The Hall–Kier alpha value is -1.62. The van der Waals surface area contributed by atoms with E-state index in [1.165, 1.54) is 7.11 Å². The van der Waals surface area contributed by atoms with E-state index in [1.54, 1.807) is 18.2 Å². The van der Waals surface area contributed by atoms with Crippen LogP contribution in [-0.2, 0) is 11.3 Å². The fraction of sp³-hybridized carbons (Fsp3) is 0.462. The van der Waals surface area contributed by atoms with E-state index in [1.807, 2.05) is 11.8 Å². The van der Waals surface area contributed by atoms with Crippen LogP contribution in [0.25, 0.3) is 0 Å². The number of carbonyl (C=O) groups is 1. The Bertz CT molecular complexity index is 409. The molecule has 0 aromatic heterocycles. The number of benzene rings is 1. The lowest BCUT2D eigenvalue weighted by atomic mass is 10.2. The first-order valence-corrected chi connectivity index (χ1v) is 5.84. The van der Waals surface area contributed by atoms with E-state index >= 15 is 0 Å². The molecule has 1 aromatic carbocycles. The molecular weight excluding hydrogens is 237 g/mol. The van der Waals surface area contributed by atoms with Crippen LogP contribution in [-0.4, -0.2) is 36.2 Å². The van der Waals surface area contributed by atoms with Gasteiger partial charge in [-0.25, -0.2) is 4.39 Å². The van der Waals surface area contributed by atoms with Gasteiger partial charge in [0.1, 0.15) is 0 Å². The molecule has 0 spiro atoms. The van der Waals surface area contributed by atoms with Crippen LogP contribution >= 0.6 is 0 Å². The minimum absolute atomic E-state index is 0.0550. The van der Waals surface area contributed by atoms with Gasteiger partial charge in [0.2, 0.25) is 0 Å². The third-order valence-electron chi connectivity index (χ3n) is 2.75. The summed E-state index contributed by atoms with van der Waals surface area (Å²) in [6.07, 6.45) is 0.0550. The lowest BCUT2D eigenvalue weighted by molar-refractivity contribution is -0.137. The van der Waals surface area contributed by atoms with Gasteiger partial charge in [0.25, 0.3) is 0 Å². The highest BCUT2D eigenvalue weighted by Gasteiger charge is 2.12. The van der Waals surface area contributed by atoms with E-state index in [-0.39, 0.29) is 18.0 Å². The molecule has 0 saturated heterocycles. The van der Waals surface area contributed by atoms with Crippen LogP contribution in [0, 0.1) is 5.82 Å². The zero-order chi connectivity index (χ0) is 13.5. The molecule has 18 heavy (non-hydrogen) atoms. The van der Waals surface area contributed by atoms with Crippen LogP contribution in [0.15, 0.2) is 18.2 Å². The molecular formula is C13H18FNO3. The number of carboxylic acids is 1. The number of halogens is 1. The van der Waals surface area contributed by atoms with Crippen LogP contribution in [0.4, 0.5) is 4.39 Å². The molecule has 0 atom stereocenters. The summed E-state index contributed by atoms with van der Waals surface area (Å²) in [5.41, 5.74) is 0.515. The quantitative estimate of drug-likeness (QED) is 0.811. The number of methoxy groups -OCH3 is 1. The van der Waals surface area contributed by atoms with Crippen molar-refractivity contribution in [3.05, 3.63) is 29.6 Å². The van der Waals surface area contributed by atoms with Crippen molar-refractivity contribution in [2.75, 3.05) is 20.2 Å². The van der Waals surface area contributed by atoms with E-state index in [0.29, 0.717) is 25.2 Å². The Balaban J connectivity index is 2.72. The van der Waals surface area contributed by atoms with Crippen molar-refractivity contribution in [3.8, 4) is 5.75 Å². The van der Waals surface area contributed by atoms with Gasteiger partial charge >= 0.3 is 5.97 Å². The Morgan fingerprint density at radius 2 is 2.22 bits per heavy atom. The van der Waals surface area contributed by atoms with E-state index < -0.39 is 5.97 Å². The molecule has 0 saturated carbocycles. The highest BCUT2D eigenvalue weighted by molar-refractivity contribution is 5.66. The molecule has 1 aromatic rings. The molecule has 0 radical (unpaired) electrons. The first-order chi connectivity index (χ1) is 8.58. The van der Waals surface area contributed by atoms with Crippen molar-refractivity contribution < 1.29 is 19.0 Å². The smallest absolute Gasteiger partial charge is 0.304 e. The molecule has 0 heterocycles. The van der Waals surface area contributed by atoms with Gasteiger partial charge in [0.15, 0.2) is 11.6 Å². The molecule has 0 aliphatic rings. The standard InChI is InChI=1S/C13H18FNO3/c1-3-15(8-7-12(16)17)9-10-5-4-6-11(18-2)13(10)14/h4-6H,3,7-9H2,1-2H3,(H,16,17). The van der Waals surface area contributed by atoms with Crippen molar-refractivity contribution in [2.24, 2.45) is 0 Å². The average Bonchev–Trinajstić information content (AvgIpc) is 2.36. The van der Waals surface area contributed by atoms with Gasteiger partial charge in [-0.3, -0.25) is 9.69 Å². The predicted molar refractivity (Wildman–Crippen MR) is 66.2 cm³/mol. The van der Waals surface area contributed by atoms with Crippen molar-refractivity contribution in [1.29, 1.82) is 0 Å². The summed E-state index contributed by atoms with van der Waals surface area (Å²) < 4.78 is 18.8. The largest absolute Gasteiger partial charge is 0.494 e. The predicted octanol–water partition coefficient (Wildman–Crippen LogP) is 2.13. The molecule has 4 nitrogen and oxygen atoms in total. The summed E-state index contributed by atoms with van der Waals surface area (Å²) in [5.74, 6) is -1.02. The van der Waals surface area contributed by atoms with Gasteiger partial charge in [-0.05, 0) is 12.6 Å². The van der Waals surface area contributed by atoms with Crippen LogP contribution < -0.4 is 4.74 Å². The van der Waals surface area contributed by atoms with Crippen LogP contribution in [0.3, 0.4) is 0 Å². The summed E-state index contributed by atoms with van der Waals surface area (Å²) in [6, 6.07) is 4.97. The van der Waals surface area contributed by atoms with Crippen molar-refractivity contribution >= 4 is 5.97 Å². The van der Waals surface area contributed by atoms with Gasteiger partial charge in [0, 0.05) is 18.7 Å². The lowest BCUT2D eigenvalue weighted by Gasteiger charge is -2.20. The molecule has 0 aliphatic carbocycles. The highest BCUT2D eigenvalue weighted by atomic mass is 19.1. The highest BCUT2D eigenvalue weighted by Crippen LogP contribution is 2.21. The number of nitrogens with zero attached hydrogens (tertiary/aromatic N) is 1. The number of aliphatic carboxylic acids is 1. The maximum absolute atomic E-state index is 13.9. The van der Waals surface area contributed by atoms with E-state index in [9.17, 15) is 9.18 Å². The van der Waals surface area contributed by atoms with E-state index in [2.05, 4.69) is 0 Å². The molecule has 1 N–H and O–H groups in total. The van der Waals surface area contributed by atoms with E-state index in [0.717, 1.165) is 0 Å². The Labute approximate surface area is 106 Å². The van der Waals surface area contributed by atoms with Gasteiger partial charge in [-0.2, -0.15) is 0 Å². The summed E-state index contributed by atoms with van der Waals surface area (Å²) in [4.78, 5) is 12.4. The van der Waals surface area contributed by atoms with Crippen molar-refractivity contribution in [1.82, 2.24) is 4.90 Å². The molecule has 100 valence electrons. The molecule has 0 bridgehead atoms. The Morgan fingerprint density at radius 1 is 1.50 bits per heavy atom. The SMILES string of the molecule is CCN(CCC(=O)O)Cc1cccc(OC)c1F. The third-order valence-corrected chi connectivity index (χ3v) is 2.75. The first kappa shape index (κ1) is 14.4. The Kier molecular flexibility index (Phi) is 5.58. The second kappa shape index (κ2) is 6.96. The van der Waals surface area contributed by atoms with Gasteiger partial charge in [0.05, 0.1) is 13.5 Å². The number of ether oxygens (including phenoxy) is 1. The third kappa shape index (κ3) is 4.00. The van der Waals surface area contributed by atoms with E-state index in [4.69, 9.17) is 9.84 Å². The minimum atomic E-state index is -0.848. The molecule has 0 aliphatic heterocycles. The number of carboxylic acid groups (broad SMARTS) is 1.